The minimum atomic E-state index is -0.627. The fourth-order valence-corrected chi connectivity index (χ4v) is 3.06. The van der Waals surface area contributed by atoms with Crippen LogP contribution in [0.2, 0.25) is 0 Å². The second kappa shape index (κ2) is 5.64. The number of aryl methyl sites for hydroxylation is 1. The van der Waals surface area contributed by atoms with Gasteiger partial charge in [-0.1, -0.05) is 25.2 Å². The van der Waals surface area contributed by atoms with Crippen LogP contribution in [0.4, 0.5) is 5.13 Å². The summed E-state index contributed by atoms with van der Waals surface area (Å²) >= 11 is 1.26. The molecule has 0 unspecified atom stereocenters. The lowest BCUT2D eigenvalue weighted by molar-refractivity contribution is -0.144. The second-order valence-electron chi connectivity index (χ2n) is 5.24. The van der Waals surface area contributed by atoms with Crippen molar-refractivity contribution in [2.75, 3.05) is 18.4 Å². The van der Waals surface area contributed by atoms with Gasteiger partial charge < -0.3 is 4.90 Å². The molecular formula is C12H18N4O2S. The van der Waals surface area contributed by atoms with Crippen molar-refractivity contribution in [3.8, 4) is 0 Å². The Morgan fingerprint density at radius 1 is 1.26 bits per heavy atom. The SMILES string of the molecule is Cc1nnc(NC(=O)C(=O)N2C[C@H](C)C[C@H](C)C2)s1. The van der Waals surface area contributed by atoms with Crippen LogP contribution in [0.3, 0.4) is 0 Å². The molecule has 104 valence electrons. The molecule has 0 bridgehead atoms. The summed E-state index contributed by atoms with van der Waals surface area (Å²) in [5, 5.41) is 11.2. The number of amides is 2. The van der Waals surface area contributed by atoms with Crippen molar-refractivity contribution in [1.29, 1.82) is 0 Å². The normalized spacial score (nSPS) is 23.2. The summed E-state index contributed by atoms with van der Waals surface area (Å²) < 4.78 is 0. The lowest BCUT2D eigenvalue weighted by atomic mass is 9.92. The Labute approximate surface area is 116 Å². The number of piperidine rings is 1. The molecular weight excluding hydrogens is 264 g/mol. The van der Waals surface area contributed by atoms with E-state index in [-0.39, 0.29) is 0 Å². The van der Waals surface area contributed by atoms with Gasteiger partial charge in [-0.15, -0.1) is 10.2 Å². The number of rotatable bonds is 1. The third kappa shape index (κ3) is 3.50. The van der Waals surface area contributed by atoms with Gasteiger partial charge in [-0.05, 0) is 25.2 Å². The molecule has 0 saturated carbocycles. The first-order valence-electron chi connectivity index (χ1n) is 6.36. The van der Waals surface area contributed by atoms with Gasteiger partial charge in [-0.3, -0.25) is 14.9 Å². The molecule has 19 heavy (non-hydrogen) atoms. The molecule has 0 radical (unpaired) electrons. The molecule has 2 amide bonds. The Morgan fingerprint density at radius 3 is 2.42 bits per heavy atom. The summed E-state index contributed by atoms with van der Waals surface area (Å²) in [5.74, 6) is -0.239. The number of nitrogens with zero attached hydrogens (tertiary/aromatic N) is 3. The summed E-state index contributed by atoms with van der Waals surface area (Å²) in [4.78, 5) is 25.6. The van der Waals surface area contributed by atoms with Gasteiger partial charge in [0.15, 0.2) is 0 Å². The molecule has 0 spiro atoms. The molecule has 2 heterocycles. The van der Waals surface area contributed by atoms with Crippen LogP contribution in [0.5, 0.6) is 0 Å². The quantitative estimate of drug-likeness (QED) is 0.788. The first-order chi connectivity index (χ1) is 8.95. The minimum Gasteiger partial charge on any atom is -0.334 e. The number of carbonyl (C=O) groups is 2. The van der Waals surface area contributed by atoms with Crippen molar-refractivity contribution < 1.29 is 9.59 Å². The largest absolute Gasteiger partial charge is 0.334 e. The van der Waals surface area contributed by atoms with Crippen LogP contribution in [-0.4, -0.2) is 40.0 Å². The first kappa shape index (κ1) is 13.9. The number of hydrogen-bond donors (Lipinski definition) is 1. The Kier molecular flexibility index (Phi) is 4.14. The molecule has 1 fully saturated rings. The van der Waals surface area contributed by atoms with E-state index in [1.807, 2.05) is 0 Å². The van der Waals surface area contributed by atoms with E-state index in [1.54, 1.807) is 11.8 Å². The number of carbonyl (C=O) groups excluding carboxylic acids is 2. The number of hydrogen-bond acceptors (Lipinski definition) is 5. The number of nitrogens with one attached hydrogen (secondary N) is 1. The van der Waals surface area contributed by atoms with Crippen LogP contribution in [0.1, 0.15) is 25.3 Å². The van der Waals surface area contributed by atoms with Crippen molar-refractivity contribution in [1.82, 2.24) is 15.1 Å². The van der Waals surface area contributed by atoms with Gasteiger partial charge in [-0.2, -0.15) is 0 Å². The molecule has 1 aliphatic heterocycles. The van der Waals surface area contributed by atoms with Gasteiger partial charge in [-0.25, -0.2) is 0 Å². The molecule has 1 aromatic rings. The average Bonchev–Trinajstić information content (AvgIpc) is 2.72. The van der Waals surface area contributed by atoms with E-state index in [0.29, 0.717) is 30.1 Å². The predicted molar refractivity (Wildman–Crippen MR) is 72.8 cm³/mol. The highest BCUT2D eigenvalue weighted by Crippen LogP contribution is 2.21. The van der Waals surface area contributed by atoms with E-state index >= 15 is 0 Å². The molecule has 2 rings (SSSR count). The van der Waals surface area contributed by atoms with Crippen LogP contribution >= 0.6 is 11.3 Å². The van der Waals surface area contributed by atoms with Crippen LogP contribution in [0.15, 0.2) is 0 Å². The fraction of sp³-hybridized carbons (Fsp3) is 0.667. The summed E-state index contributed by atoms with van der Waals surface area (Å²) in [5.41, 5.74) is 0. The lowest BCUT2D eigenvalue weighted by Crippen LogP contribution is -2.47. The van der Waals surface area contributed by atoms with Crippen molar-refractivity contribution in [2.45, 2.75) is 27.2 Å². The molecule has 0 aliphatic carbocycles. The fourth-order valence-electron chi connectivity index (χ4n) is 2.47. The van der Waals surface area contributed by atoms with Crippen LogP contribution in [0, 0.1) is 18.8 Å². The summed E-state index contributed by atoms with van der Waals surface area (Å²) in [6.45, 7) is 7.28. The summed E-state index contributed by atoms with van der Waals surface area (Å²) in [7, 11) is 0. The lowest BCUT2D eigenvalue weighted by Gasteiger charge is -2.34. The standard InChI is InChI=1S/C12H18N4O2S/c1-7-4-8(2)6-16(5-7)11(18)10(17)13-12-15-14-9(3)19-12/h7-8H,4-6H2,1-3H3,(H,13,15,17)/t7-,8+. The Bertz CT molecular complexity index is 478. The molecule has 1 aromatic heterocycles. The highest BCUT2D eigenvalue weighted by Gasteiger charge is 2.29. The van der Waals surface area contributed by atoms with E-state index in [2.05, 4.69) is 29.4 Å². The Balaban J connectivity index is 1.97. The highest BCUT2D eigenvalue weighted by molar-refractivity contribution is 7.15. The van der Waals surface area contributed by atoms with E-state index < -0.39 is 11.8 Å². The molecule has 6 nitrogen and oxygen atoms in total. The molecule has 1 saturated heterocycles. The number of likely N-dealkylation sites (tertiary alicyclic amines) is 1. The maximum Gasteiger partial charge on any atom is 0.315 e. The van der Waals surface area contributed by atoms with Gasteiger partial charge >= 0.3 is 11.8 Å². The zero-order valence-electron chi connectivity index (χ0n) is 11.3. The van der Waals surface area contributed by atoms with Crippen LogP contribution in [-0.2, 0) is 9.59 Å². The Hall–Kier alpha value is -1.50. The van der Waals surface area contributed by atoms with Gasteiger partial charge in [0, 0.05) is 13.1 Å². The number of aromatic nitrogens is 2. The minimum absolute atomic E-state index is 0.369. The van der Waals surface area contributed by atoms with Gasteiger partial charge in [0.05, 0.1) is 0 Å². The van der Waals surface area contributed by atoms with E-state index in [1.165, 1.54) is 11.3 Å². The summed E-state index contributed by atoms with van der Waals surface area (Å²) in [6, 6.07) is 0. The third-order valence-corrected chi connectivity index (χ3v) is 3.85. The Morgan fingerprint density at radius 2 is 1.89 bits per heavy atom. The smallest absolute Gasteiger partial charge is 0.315 e. The van der Waals surface area contributed by atoms with Crippen molar-refractivity contribution in [3.63, 3.8) is 0 Å². The molecule has 2 atom stereocenters. The average molecular weight is 282 g/mol. The third-order valence-electron chi connectivity index (χ3n) is 3.10. The van der Waals surface area contributed by atoms with Crippen LogP contribution < -0.4 is 5.32 Å². The second-order valence-corrected chi connectivity index (χ2v) is 6.42. The van der Waals surface area contributed by atoms with E-state index in [0.717, 1.165) is 11.4 Å². The van der Waals surface area contributed by atoms with Crippen molar-refractivity contribution in [2.24, 2.45) is 11.8 Å². The molecule has 1 N–H and O–H groups in total. The van der Waals surface area contributed by atoms with Gasteiger partial charge in [0.2, 0.25) is 5.13 Å². The zero-order valence-corrected chi connectivity index (χ0v) is 12.2. The molecule has 1 aliphatic rings. The van der Waals surface area contributed by atoms with Gasteiger partial charge in [0.1, 0.15) is 5.01 Å². The predicted octanol–water partition coefficient (Wildman–Crippen LogP) is 1.29. The monoisotopic (exact) mass is 282 g/mol. The summed E-state index contributed by atoms with van der Waals surface area (Å²) in [6.07, 6.45) is 1.10. The van der Waals surface area contributed by atoms with Crippen molar-refractivity contribution in [3.05, 3.63) is 5.01 Å². The molecule has 0 aromatic carbocycles. The molecule has 7 heteroatoms. The maximum absolute atomic E-state index is 12.1. The first-order valence-corrected chi connectivity index (χ1v) is 7.17. The van der Waals surface area contributed by atoms with Gasteiger partial charge in [0.25, 0.3) is 0 Å². The zero-order chi connectivity index (χ0) is 14.0. The highest BCUT2D eigenvalue weighted by atomic mass is 32.1. The topological polar surface area (TPSA) is 75.2 Å². The van der Waals surface area contributed by atoms with Crippen molar-refractivity contribution >= 4 is 28.3 Å². The van der Waals surface area contributed by atoms with E-state index in [9.17, 15) is 9.59 Å². The van der Waals surface area contributed by atoms with E-state index in [4.69, 9.17) is 0 Å². The number of anilines is 1. The van der Waals surface area contributed by atoms with Crippen LogP contribution in [0.25, 0.3) is 0 Å². The maximum atomic E-state index is 12.1.